The van der Waals surface area contributed by atoms with E-state index in [1.807, 2.05) is 45.2 Å². The fraction of sp³-hybridized carbons (Fsp3) is 0.435. The molecule has 30 heavy (non-hydrogen) atoms. The Hall–Kier alpha value is -3.09. The Morgan fingerprint density at radius 1 is 1.23 bits per heavy atom. The van der Waals surface area contributed by atoms with Gasteiger partial charge in [0.15, 0.2) is 0 Å². The smallest absolute Gasteiger partial charge is 0.253 e. The molecule has 2 aromatic heterocycles. The number of aromatic amines is 1. The van der Waals surface area contributed by atoms with Gasteiger partial charge in [0.2, 0.25) is 5.91 Å². The summed E-state index contributed by atoms with van der Waals surface area (Å²) in [7, 11) is 3.44. The van der Waals surface area contributed by atoms with Crippen LogP contribution >= 0.6 is 0 Å². The van der Waals surface area contributed by atoms with Gasteiger partial charge in [-0.2, -0.15) is 5.10 Å². The Labute approximate surface area is 176 Å². The Morgan fingerprint density at radius 3 is 2.50 bits per heavy atom. The first-order valence-corrected chi connectivity index (χ1v) is 10.2. The van der Waals surface area contributed by atoms with Gasteiger partial charge in [0.25, 0.3) is 5.56 Å². The first kappa shape index (κ1) is 21.6. The Kier molecular flexibility index (Phi) is 6.29. The molecular weight excluding hydrogens is 380 g/mol. The van der Waals surface area contributed by atoms with E-state index in [1.54, 1.807) is 11.8 Å². The van der Waals surface area contributed by atoms with Crippen molar-refractivity contribution in [2.75, 3.05) is 7.11 Å². The second-order valence-corrected chi connectivity index (χ2v) is 8.05. The standard InChI is InChI=1S/C23H30N4O3/c1-13(2)21(16-7-9-17(30-6)10-8-16)24-19(28)12-11-18-14(3)20-15(4)26-27(5)22(20)25-23(18)29/h7-10,13,21H,11-12H2,1-6H3,(H,24,28)(H,25,29). The van der Waals surface area contributed by atoms with Crippen molar-refractivity contribution >= 4 is 16.9 Å². The van der Waals surface area contributed by atoms with E-state index >= 15 is 0 Å². The van der Waals surface area contributed by atoms with Crippen LogP contribution in [0.3, 0.4) is 0 Å². The molecule has 1 amide bonds. The number of carbonyl (C=O) groups is 1. The zero-order valence-electron chi connectivity index (χ0n) is 18.5. The molecule has 160 valence electrons. The molecule has 0 bridgehead atoms. The van der Waals surface area contributed by atoms with E-state index in [2.05, 4.69) is 29.2 Å². The van der Waals surface area contributed by atoms with E-state index in [0.717, 1.165) is 28.0 Å². The average molecular weight is 411 g/mol. The van der Waals surface area contributed by atoms with Crippen molar-refractivity contribution in [3.8, 4) is 5.75 Å². The molecule has 0 spiro atoms. The lowest BCUT2D eigenvalue weighted by atomic mass is 9.95. The fourth-order valence-electron chi connectivity index (χ4n) is 3.99. The molecule has 0 saturated heterocycles. The van der Waals surface area contributed by atoms with Crippen LogP contribution in [0.2, 0.25) is 0 Å². The molecule has 0 fully saturated rings. The molecule has 0 aliphatic carbocycles. The molecule has 0 saturated carbocycles. The predicted octanol–water partition coefficient (Wildman–Crippen LogP) is 3.33. The van der Waals surface area contributed by atoms with Crippen LogP contribution in [0.4, 0.5) is 0 Å². The van der Waals surface area contributed by atoms with Gasteiger partial charge < -0.3 is 15.0 Å². The summed E-state index contributed by atoms with van der Waals surface area (Å²) < 4.78 is 6.89. The monoisotopic (exact) mass is 410 g/mol. The normalized spacial score (nSPS) is 12.4. The largest absolute Gasteiger partial charge is 0.497 e. The van der Waals surface area contributed by atoms with Crippen LogP contribution in [-0.2, 0) is 18.3 Å². The number of aryl methyl sites for hydroxylation is 3. The average Bonchev–Trinajstić information content (AvgIpc) is 2.99. The van der Waals surface area contributed by atoms with Gasteiger partial charge in [-0.1, -0.05) is 26.0 Å². The molecule has 2 N–H and O–H groups in total. The summed E-state index contributed by atoms with van der Waals surface area (Å²) in [5.74, 6) is 0.927. The molecule has 0 aliphatic heterocycles. The number of hydrogen-bond acceptors (Lipinski definition) is 4. The van der Waals surface area contributed by atoms with Gasteiger partial charge in [-0.25, -0.2) is 0 Å². The van der Waals surface area contributed by atoms with E-state index in [-0.39, 0.29) is 29.8 Å². The number of hydrogen-bond donors (Lipinski definition) is 2. The number of benzene rings is 1. The molecule has 1 atom stereocenters. The molecule has 0 aliphatic rings. The number of pyridine rings is 1. The zero-order valence-corrected chi connectivity index (χ0v) is 18.5. The first-order chi connectivity index (χ1) is 14.2. The van der Waals surface area contributed by atoms with Crippen LogP contribution in [0.25, 0.3) is 11.0 Å². The minimum atomic E-state index is -0.161. The lowest BCUT2D eigenvalue weighted by molar-refractivity contribution is -0.122. The summed E-state index contributed by atoms with van der Waals surface area (Å²) in [6.45, 7) is 7.99. The second kappa shape index (κ2) is 8.73. The van der Waals surface area contributed by atoms with Crippen molar-refractivity contribution in [3.05, 3.63) is 57.0 Å². The van der Waals surface area contributed by atoms with Gasteiger partial charge in [0, 0.05) is 24.4 Å². The molecule has 2 heterocycles. The van der Waals surface area contributed by atoms with Crippen LogP contribution in [0.1, 0.15) is 48.7 Å². The third-order valence-corrected chi connectivity index (χ3v) is 5.62. The van der Waals surface area contributed by atoms with Gasteiger partial charge in [-0.3, -0.25) is 14.3 Å². The molecule has 3 rings (SSSR count). The highest BCUT2D eigenvalue weighted by molar-refractivity contribution is 5.83. The summed E-state index contributed by atoms with van der Waals surface area (Å²) in [6, 6.07) is 7.62. The minimum Gasteiger partial charge on any atom is -0.497 e. The molecule has 3 aromatic rings. The molecule has 1 aromatic carbocycles. The van der Waals surface area contributed by atoms with Crippen LogP contribution in [0.15, 0.2) is 29.1 Å². The number of rotatable bonds is 7. The highest BCUT2D eigenvalue weighted by atomic mass is 16.5. The van der Waals surface area contributed by atoms with Crippen LogP contribution < -0.4 is 15.6 Å². The lowest BCUT2D eigenvalue weighted by Crippen LogP contribution is -2.32. The highest BCUT2D eigenvalue weighted by Gasteiger charge is 2.20. The van der Waals surface area contributed by atoms with Crippen LogP contribution in [0, 0.1) is 19.8 Å². The van der Waals surface area contributed by atoms with Gasteiger partial charge in [0.1, 0.15) is 11.4 Å². The number of ether oxygens (including phenoxy) is 1. The van der Waals surface area contributed by atoms with Crippen molar-refractivity contribution in [1.82, 2.24) is 20.1 Å². The highest BCUT2D eigenvalue weighted by Crippen LogP contribution is 2.25. The van der Waals surface area contributed by atoms with Crippen molar-refractivity contribution in [1.29, 1.82) is 0 Å². The molecule has 1 unspecified atom stereocenters. The Morgan fingerprint density at radius 2 is 1.90 bits per heavy atom. The van der Waals surface area contributed by atoms with Gasteiger partial charge in [0.05, 0.1) is 18.8 Å². The quantitative estimate of drug-likeness (QED) is 0.625. The lowest BCUT2D eigenvalue weighted by Gasteiger charge is -2.23. The van der Waals surface area contributed by atoms with E-state index in [9.17, 15) is 9.59 Å². The summed E-state index contributed by atoms with van der Waals surface area (Å²) in [4.78, 5) is 28.2. The van der Waals surface area contributed by atoms with Gasteiger partial charge in [-0.05, 0) is 49.4 Å². The van der Waals surface area contributed by atoms with Gasteiger partial charge in [-0.15, -0.1) is 0 Å². The summed E-state index contributed by atoms with van der Waals surface area (Å²) in [5.41, 5.74) is 3.97. The van der Waals surface area contributed by atoms with Crippen LogP contribution in [0.5, 0.6) is 5.75 Å². The SMILES string of the molecule is COc1ccc(C(NC(=O)CCc2c(C)c3c(C)nn(C)c3[nH]c2=O)C(C)C)cc1. The maximum atomic E-state index is 12.7. The maximum absolute atomic E-state index is 12.7. The number of aromatic nitrogens is 3. The number of carbonyl (C=O) groups excluding carboxylic acids is 1. The number of fused-ring (bicyclic) bond motifs is 1. The van der Waals surface area contributed by atoms with E-state index < -0.39 is 0 Å². The Balaban J connectivity index is 1.76. The van der Waals surface area contributed by atoms with E-state index in [1.165, 1.54) is 0 Å². The third-order valence-electron chi connectivity index (χ3n) is 5.62. The number of amides is 1. The second-order valence-electron chi connectivity index (χ2n) is 8.05. The molecule has 0 radical (unpaired) electrons. The summed E-state index contributed by atoms with van der Waals surface area (Å²) in [5, 5.41) is 8.46. The van der Waals surface area contributed by atoms with Crippen molar-refractivity contribution in [2.45, 2.75) is 46.6 Å². The fourth-order valence-corrected chi connectivity index (χ4v) is 3.99. The number of nitrogens with one attached hydrogen (secondary N) is 2. The third kappa shape index (κ3) is 4.25. The summed E-state index contributed by atoms with van der Waals surface area (Å²) >= 11 is 0. The van der Waals surface area contributed by atoms with E-state index in [0.29, 0.717) is 17.6 Å². The van der Waals surface area contributed by atoms with Crippen molar-refractivity contribution in [3.63, 3.8) is 0 Å². The molecular formula is C23H30N4O3. The number of methoxy groups -OCH3 is 1. The topological polar surface area (TPSA) is 89.0 Å². The first-order valence-electron chi connectivity index (χ1n) is 10.2. The molecule has 7 heteroatoms. The maximum Gasteiger partial charge on any atom is 0.253 e. The predicted molar refractivity (Wildman–Crippen MR) is 118 cm³/mol. The summed E-state index contributed by atoms with van der Waals surface area (Å²) in [6.07, 6.45) is 0.624. The van der Waals surface area contributed by atoms with Crippen LogP contribution in [-0.4, -0.2) is 27.8 Å². The number of H-pyrrole nitrogens is 1. The van der Waals surface area contributed by atoms with Crippen molar-refractivity contribution < 1.29 is 9.53 Å². The number of nitrogens with zero attached hydrogens (tertiary/aromatic N) is 2. The van der Waals surface area contributed by atoms with Crippen molar-refractivity contribution in [2.24, 2.45) is 13.0 Å². The minimum absolute atomic E-state index is 0.0775. The zero-order chi connectivity index (χ0) is 22.0. The van der Waals surface area contributed by atoms with Gasteiger partial charge >= 0.3 is 0 Å². The molecule has 7 nitrogen and oxygen atoms in total. The van der Waals surface area contributed by atoms with E-state index in [4.69, 9.17) is 4.74 Å². The Bertz CT molecular complexity index is 1110.